The van der Waals surface area contributed by atoms with Crippen LogP contribution in [-0.2, 0) is 4.74 Å². The molecule has 4 heteroatoms. The molecule has 0 aromatic carbocycles. The molecule has 2 rings (SSSR count). The highest BCUT2D eigenvalue weighted by atomic mass is 16.5. The van der Waals surface area contributed by atoms with Crippen LogP contribution in [0.4, 0.5) is 5.82 Å². The molecular formula is C16H27N3O. The first-order valence-electron chi connectivity index (χ1n) is 8.03. The van der Waals surface area contributed by atoms with Crippen molar-refractivity contribution in [3.63, 3.8) is 0 Å². The van der Waals surface area contributed by atoms with E-state index in [-0.39, 0.29) is 6.10 Å². The van der Waals surface area contributed by atoms with Gasteiger partial charge in [0.15, 0.2) is 5.82 Å². The Balaban J connectivity index is 2.10. The molecule has 20 heavy (non-hydrogen) atoms. The van der Waals surface area contributed by atoms with E-state index in [1.54, 1.807) is 0 Å². The van der Waals surface area contributed by atoms with Gasteiger partial charge in [-0.3, -0.25) is 0 Å². The lowest BCUT2D eigenvalue weighted by Crippen LogP contribution is -2.21. The zero-order valence-corrected chi connectivity index (χ0v) is 12.8. The van der Waals surface area contributed by atoms with Gasteiger partial charge in [0, 0.05) is 19.3 Å². The van der Waals surface area contributed by atoms with Crippen molar-refractivity contribution in [2.45, 2.75) is 58.5 Å². The number of hydrogen-bond acceptors (Lipinski definition) is 4. The maximum absolute atomic E-state index is 5.97. The minimum Gasteiger partial charge on any atom is -0.370 e. The van der Waals surface area contributed by atoms with Gasteiger partial charge in [-0.05, 0) is 38.2 Å². The van der Waals surface area contributed by atoms with E-state index in [4.69, 9.17) is 4.74 Å². The first kappa shape index (κ1) is 15.2. The second-order valence-corrected chi connectivity index (χ2v) is 5.50. The Hall–Kier alpha value is -1.16. The van der Waals surface area contributed by atoms with E-state index in [0.29, 0.717) is 5.92 Å². The summed E-state index contributed by atoms with van der Waals surface area (Å²) in [6.07, 6.45) is 9.44. The largest absolute Gasteiger partial charge is 0.370 e. The summed E-state index contributed by atoms with van der Waals surface area (Å²) in [6.45, 7) is 5.87. The summed E-state index contributed by atoms with van der Waals surface area (Å²) in [5.41, 5.74) is 0. The number of anilines is 1. The predicted octanol–water partition coefficient (Wildman–Crippen LogP) is 3.96. The maximum atomic E-state index is 5.97. The molecule has 0 bridgehead atoms. The third-order valence-corrected chi connectivity index (χ3v) is 3.91. The molecule has 1 aliphatic carbocycles. The number of aromatic nitrogens is 2. The minimum atomic E-state index is 0.0590. The molecule has 1 aromatic rings. The first-order chi connectivity index (χ1) is 9.85. The molecule has 0 saturated heterocycles. The van der Waals surface area contributed by atoms with Crippen LogP contribution in [0.1, 0.15) is 64.3 Å². The van der Waals surface area contributed by atoms with Crippen LogP contribution in [0.25, 0.3) is 0 Å². The molecule has 1 fully saturated rings. The van der Waals surface area contributed by atoms with Crippen molar-refractivity contribution in [2.75, 3.05) is 18.5 Å². The smallest absolute Gasteiger partial charge is 0.159 e. The van der Waals surface area contributed by atoms with Crippen LogP contribution in [0.3, 0.4) is 0 Å². The van der Waals surface area contributed by atoms with Gasteiger partial charge in [0.2, 0.25) is 0 Å². The molecule has 1 N–H and O–H groups in total. The molecule has 0 aliphatic heterocycles. The number of rotatable bonds is 7. The van der Waals surface area contributed by atoms with Crippen LogP contribution in [0.5, 0.6) is 0 Å². The lowest BCUT2D eigenvalue weighted by molar-refractivity contribution is -0.000103. The number of nitrogens with one attached hydrogen (secondary N) is 1. The van der Waals surface area contributed by atoms with Gasteiger partial charge < -0.3 is 10.1 Å². The lowest BCUT2D eigenvalue weighted by Gasteiger charge is -2.29. The molecule has 1 heterocycles. The quantitative estimate of drug-likeness (QED) is 0.819. The summed E-state index contributed by atoms with van der Waals surface area (Å²) < 4.78 is 5.97. The van der Waals surface area contributed by atoms with Gasteiger partial charge in [-0.2, -0.15) is 0 Å². The fourth-order valence-corrected chi connectivity index (χ4v) is 2.90. The Labute approximate surface area is 122 Å². The van der Waals surface area contributed by atoms with Gasteiger partial charge in [-0.15, -0.1) is 0 Å². The minimum absolute atomic E-state index is 0.0590. The van der Waals surface area contributed by atoms with E-state index < -0.39 is 0 Å². The van der Waals surface area contributed by atoms with E-state index in [1.807, 2.05) is 12.3 Å². The highest BCUT2D eigenvalue weighted by molar-refractivity contribution is 5.33. The van der Waals surface area contributed by atoms with E-state index >= 15 is 0 Å². The molecule has 1 atom stereocenters. The number of nitrogens with zero attached hydrogens (tertiary/aromatic N) is 2. The Bertz CT molecular complexity index is 391. The summed E-state index contributed by atoms with van der Waals surface area (Å²) in [7, 11) is 0. The van der Waals surface area contributed by atoms with Gasteiger partial charge in [0.25, 0.3) is 0 Å². The van der Waals surface area contributed by atoms with Crippen LogP contribution >= 0.6 is 0 Å². The number of ether oxygens (including phenoxy) is 1. The fourth-order valence-electron chi connectivity index (χ4n) is 2.90. The molecule has 4 nitrogen and oxygen atoms in total. The van der Waals surface area contributed by atoms with Crippen molar-refractivity contribution in [3.05, 3.63) is 18.1 Å². The van der Waals surface area contributed by atoms with E-state index in [1.165, 1.54) is 32.1 Å². The second kappa shape index (κ2) is 8.20. The van der Waals surface area contributed by atoms with Crippen LogP contribution in [0.15, 0.2) is 12.3 Å². The van der Waals surface area contributed by atoms with Crippen LogP contribution in [-0.4, -0.2) is 23.1 Å². The molecule has 0 amide bonds. The summed E-state index contributed by atoms with van der Waals surface area (Å²) in [6, 6.07) is 1.93. The lowest BCUT2D eigenvalue weighted by atomic mass is 9.85. The van der Waals surface area contributed by atoms with Gasteiger partial charge in [-0.25, -0.2) is 9.97 Å². The monoisotopic (exact) mass is 277 g/mol. The average molecular weight is 277 g/mol. The zero-order chi connectivity index (χ0) is 14.2. The second-order valence-electron chi connectivity index (χ2n) is 5.50. The van der Waals surface area contributed by atoms with Crippen molar-refractivity contribution in [3.8, 4) is 0 Å². The molecule has 1 saturated carbocycles. The highest BCUT2D eigenvalue weighted by Crippen LogP contribution is 2.35. The Morgan fingerprint density at radius 1 is 1.30 bits per heavy atom. The van der Waals surface area contributed by atoms with Gasteiger partial charge in [0.1, 0.15) is 11.9 Å². The normalized spacial score (nSPS) is 17.9. The highest BCUT2D eigenvalue weighted by Gasteiger charge is 2.27. The van der Waals surface area contributed by atoms with Crippen molar-refractivity contribution < 1.29 is 4.74 Å². The summed E-state index contributed by atoms with van der Waals surface area (Å²) in [4.78, 5) is 9.12. The zero-order valence-electron chi connectivity index (χ0n) is 12.8. The molecule has 0 radical (unpaired) electrons. The van der Waals surface area contributed by atoms with Gasteiger partial charge in [0.05, 0.1) is 0 Å². The van der Waals surface area contributed by atoms with Gasteiger partial charge in [-0.1, -0.05) is 26.2 Å². The summed E-state index contributed by atoms with van der Waals surface area (Å²) in [5, 5.41) is 3.33. The molecule has 1 aliphatic rings. The average Bonchev–Trinajstić information content (AvgIpc) is 2.52. The van der Waals surface area contributed by atoms with E-state index in [0.717, 1.165) is 31.2 Å². The van der Waals surface area contributed by atoms with Crippen molar-refractivity contribution in [2.24, 2.45) is 5.92 Å². The van der Waals surface area contributed by atoms with Gasteiger partial charge >= 0.3 is 0 Å². The maximum Gasteiger partial charge on any atom is 0.159 e. The number of hydrogen-bond donors (Lipinski definition) is 1. The topological polar surface area (TPSA) is 47.0 Å². The standard InChI is InChI=1S/C16H27N3O/c1-3-11-17-14-10-12-18-16(19-14)15(20-4-2)13-8-6-5-7-9-13/h10,12-13,15H,3-9,11H2,1-2H3,(H,17,18,19). The summed E-state index contributed by atoms with van der Waals surface area (Å²) in [5.74, 6) is 2.34. The van der Waals surface area contributed by atoms with E-state index in [2.05, 4.69) is 29.1 Å². The third-order valence-electron chi connectivity index (χ3n) is 3.91. The molecule has 112 valence electrons. The Morgan fingerprint density at radius 2 is 2.10 bits per heavy atom. The van der Waals surface area contributed by atoms with E-state index in [9.17, 15) is 0 Å². The van der Waals surface area contributed by atoms with Crippen molar-refractivity contribution in [1.82, 2.24) is 9.97 Å². The molecule has 1 aromatic heterocycles. The van der Waals surface area contributed by atoms with Crippen LogP contribution < -0.4 is 5.32 Å². The Kier molecular flexibility index (Phi) is 6.25. The predicted molar refractivity (Wildman–Crippen MR) is 81.8 cm³/mol. The van der Waals surface area contributed by atoms with Crippen molar-refractivity contribution in [1.29, 1.82) is 0 Å². The molecular weight excluding hydrogens is 250 g/mol. The van der Waals surface area contributed by atoms with Crippen molar-refractivity contribution >= 4 is 5.82 Å². The molecule has 1 unspecified atom stereocenters. The fraction of sp³-hybridized carbons (Fsp3) is 0.750. The Morgan fingerprint density at radius 3 is 2.80 bits per heavy atom. The van der Waals surface area contributed by atoms with Crippen LogP contribution in [0, 0.1) is 5.92 Å². The first-order valence-corrected chi connectivity index (χ1v) is 8.03. The summed E-state index contributed by atoms with van der Waals surface area (Å²) >= 11 is 0. The van der Waals surface area contributed by atoms with Crippen LogP contribution in [0.2, 0.25) is 0 Å². The molecule has 0 spiro atoms. The third kappa shape index (κ3) is 4.17. The SMILES string of the molecule is CCCNc1ccnc(C(OCC)C2CCCCC2)n1.